The maximum absolute atomic E-state index is 9.68. The third kappa shape index (κ3) is 1.98. The summed E-state index contributed by atoms with van der Waals surface area (Å²) in [6.07, 6.45) is 3.55. The number of nitrogens with zero attached hydrogens (tertiary/aromatic N) is 3. The Morgan fingerprint density at radius 3 is 2.81 bits per heavy atom. The molecule has 26 heavy (non-hydrogen) atoms. The van der Waals surface area contributed by atoms with E-state index in [1.165, 1.54) is 0 Å². The first-order valence-corrected chi connectivity index (χ1v) is 8.15. The van der Waals surface area contributed by atoms with Crippen molar-refractivity contribution in [2.75, 3.05) is 0 Å². The van der Waals surface area contributed by atoms with Gasteiger partial charge in [-0.3, -0.25) is 4.98 Å². The summed E-state index contributed by atoms with van der Waals surface area (Å²) < 4.78 is 5.81. The van der Waals surface area contributed by atoms with Crippen LogP contribution in [0.25, 0.3) is 21.9 Å². The molecule has 3 N–H and O–H groups in total. The normalized spacial score (nSPS) is 16.3. The van der Waals surface area contributed by atoms with Crippen LogP contribution in [0.3, 0.4) is 0 Å². The van der Waals surface area contributed by atoms with E-state index >= 15 is 0 Å². The number of ether oxygens (including phenoxy) is 1. The van der Waals surface area contributed by atoms with Crippen LogP contribution in [-0.2, 0) is 0 Å². The summed E-state index contributed by atoms with van der Waals surface area (Å²) in [7, 11) is 0. The largest absolute Gasteiger partial charge is 0.439 e. The number of fused-ring (bicyclic) bond motifs is 4. The zero-order valence-electron chi connectivity index (χ0n) is 13.6. The Morgan fingerprint density at radius 2 is 1.96 bits per heavy atom. The molecule has 0 aliphatic carbocycles. The molecule has 5 rings (SSSR count). The van der Waals surface area contributed by atoms with Crippen LogP contribution in [0.2, 0.25) is 0 Å². The molecular weight excluding hydrogens is 326 g/mol. The first-order valence-electron chi connectivity index (χ1n) is 8.15. The van der Waals surface area contributed by atoms with Crippen molar-refractivity contribution in [1.29, 1.82) is 5.26 Å². The molecule has 0 fully saturated rings. The van der Waals surface area contributed by atoms with Crippen molar-refractivity contribution in [2.24, 2.45) is 5.73 Å². The molecule has 1 aliphatic rings. The van der Waals surface area contributed by atoms with Gasteiger partial charge in [0.15, 0.2) is 0 Å². The van der Waals surface area contributed by atoms with Crippen molar-refractivity contribution < 1.29 is 4.74 Å². The molecule has 124 valence electrons. The smallest absolute Gasteiger partial charge is 0.205 e. The summed E-state index contributed by atoms with van der Waals surface area (Å²) >= 11 is 0. The lowest BCUT2D eigenvalue weighted by Crippen LogP contribution is -2.21. The molecule has 4 aromatic rings. The average Bonchev–Trinajstić information content (AvgIpc) is 3.16. The second kappa shape index (κ2) is 5.33. The Balaban J connectivity index is 1.79. The van der Waals surface area contributed by atoms with E-state index in [0.29, 0.717) is 17.0 Å². The summed E-state index contributed by atoms with van der Waals surface area (Å²) in [5.74, 6) is 0.342. The van der Waals surface area contributed by atoms with Gasteiger partial charge in [0.2, 0.25) is 5.88 Å². The van der Waals surface area contributed by atoms with Crippen LogP contribution in [0, 0.1) is 11.3 Å². The predicted octanol–water partition coefficient (Wildman–Crippen LogP) is 3.33. The van der Waals surface area contributed by atoms with E-state index in [1.807, 2.05) is 48.7 Å². The standard InChI is InChI=1S/C20H13N5O/c21-9-13-18(17-10-24-15-3-1-2-4-16(15)25-17)12-5-6-14-11(7-8-23-14)19(12)26-20(13)22/h1-8,10,18,23H,22H2. The highest BCUT2D eigenvalue weighted by Crippen LogP contribution is 2.44. The maximum atomic E-state index is 9.68. The summed E-state index contributed by atoms with van der Waals surface area (Å²) in [5.41, 5.74) is 10.5. The summed E-state index contributed by atoms with van der Waals surface area (Å²) in [6, 6.07) is 15.7. The van der Waals surface area contributed by atoms with Crippen LogP contribution in [-0.4, -0.2) is 15.0 Å². The van der Waals surface area contributed by atoms with Gasteiger partial charge in [-0.15, -0.1) is 0 Å². The lowest BCUT2D eigenvalue weighted by atomic mass is 9.86. The van der Waals surface area contributed by atoms with Crippen LogP contribution in [0.4, 0.5) is 0 Å². The molecule has 0 saturated heterocycles. The quantitative estimate of drug-likeness (QED) is 0.554. The first kappa shape index (κ1) is 14.5. The number of H-pyrrole nitrogens is 1. The molecule has 2 aromatic carbocycles. The molecule has 6 nitrogen and oxygen atoms in total. The van der Waals surface area contributed by atoms with Gasteiger partial charge in [-0.2, -0.15) is 5.26 Å². The second-order valence-electron chi connectivity index (χ2n) is 6.13. The third-order valence-electron chi connectivity index (χ3n) is 4.68. The molecule has 3 heterocycles. The lowest BCUT2D eigenvalue weighted by molar-refractivity contribution is 0.398. The SMILES string of the molecule is N#CC1=C(N)Oc2c(ccc3[nH]ccc23)C1c1cnc2ccccc2n1. The van der Waals surface area contributed by atoms with E-state index in [2.05, 4.69) is 16.0 Å². The maximum Gasteiger partial charge on any atom is 0.205 e. The highest BCUT2D eigenvalue weighted by molar-refractivity contribution is 5.88. The van der Waals surface area contributed by atoms with Gasteiger partial charge in [0.05, 0.1) is 28.8 Å². The van der Waals surface area contributed by atoms with Crippen LogP contribution >= 0.6 is 0 Å². The minimum Gasteiger partial charge on any atom is -0.439 e. The summed E-state index contributed by atoms with van der Waals surface area (Å²) in [5, 5.41) is 10.6. The predicted molar refractivity (Wildman–Crippen MR) is 97.1 cm³/mol. The molecule has 1 atom stereocenters. The van der Waals surface area contributed by atoms with E-state index in [0.717, 1.165) is 27.5 Å². The molecule has 1 unspecified atom stereocenters. The minimum atomic E-state index is -0.417. The highest BCUT2D eigenvalue weighted by atomic mass is 16.5. The van der Waals surface area contributed by atoms with Crippen LogP contribution in [0.15, 0.2) is 66.3 Å². The number of nitriles is 1. The van der Waals surface area contributed by atoms with Gasteiger partial charge < -0.3 is 15.5 Å². The van der Waals surface area contributed by atoms with Crippen molar-refractivity contribution in [3.8, 4) is 11.8 Å². The van der Waals surface area contributed by atoms with E-state index in [4.69, 9.17) is 15.5 Å². The lowest BCUT2D eigenvalue weighted by Gasteiger charge is -2.26. The Labute approximate surface area is 148 Å². The summed E-state index contributed by atoms with van der Waals surface area (Å²) in [4.78, 5) is 12.4. The molecular formula is C20H13N5O. The third-order valence-corrected chi connectivity index (χ3v) is 4.68. The monoisotopic (exact) mass is 339 g/mol. The van der Waals surface area contributed by atoms with Gasteiger partial charge >= 0.3 is 0 Å². The van der Waals surface area contributed by atoms with Gasteiger partial charge in [-0.1, -0.05) is 18.2 Å². The van der Waals surface area contributed by atoms with E-state index in [1.54, 1.807) is 6.20 Å². The molecule has 0 saturated carbocycles. The molecule has 0 bridgehead atoms. The van der Waals surface area contributed by atoms with E-state index in [9.17, 15) is 5.26 Å². The fourth-order valence-corrected chi connectivity index (χ4v) is 3.46. The van der Waals surface area contributed by atoms with Crippen LogP contribution in [0.5, 0.6) is 5.75 Å². The van der Waals surface area contributed by atoms with Crippen molar-refractivity contribution in [3.05, 3.63) is 77.6 Å². The van der Waals surface area contributed by atoms with Gasteiger partial charge in [0.1, 0.15) is 17.4 Å². The topological polar surface area (TPSA) is 101 Å². The van der Waals surface area contributed by atoms with Crippen molar-refractivity contribution in [3.63, 3.8) is 0 Å². The zero-order chi connectivity index (χ0) is 17.7. The highest BCUT2D eigenvalue weighted by Gasteiger charge is 2.33. The Kier molecular flexibility index (Phi) is 2.97. The molecule has 0 radical (unpaired) electrons. The van der Waals surface area contributed by atoms with Gasteiger partial charge in [-0.05, 0) is 24.3 Å². The number of aromatic nitrogens is 3. The molecule has 6 heteroatoms. The number of benzene rings is 2. The van der Waals surface area contributed by atoms with Gasteiger partial charge in [0.25, 0.3) is 0 Å². The Bertz CT molecular complexity index is 1250. The fourth-order valence-electron chi connectivity index (χ4n) is 3.46. The number of rotatable bonds is 1. The van der Waals surface area contributed by atoms with E-state index in [-0.39, 0.29) is 5.88 Å². The number of hydrogen-bond donors (Lipinski definition) is 2. The zero-order valence-corrected chi connectivity index (χ0v) is 13.6. The van der Waals surface area contributed by atoms with Crippen molar-refractivity contribution in [2.45, 2.75) is 5.92 Å². The Morgan fingerprint density at radius 1 is 1.12 bits per heavy atom. The van der Waals surface area contributed by atoms with Crippen molar-refractivity contribution >= 4 is 21.9 Å². The minimum absolute atomic E-state index is 0.105. The van der Waals surface area contributed by atoms with Crippen LogP contribution in [0.1, 0.15) is 17.2 Å². The van der Waals surface area contributed by atoms with E-state index < -0.39 is 5.92 Å². The number of para-hydroxylation sites is 2. The first-order chi connectivity index (χ1) is 12.8. The molecule has 1 aliphatic heterocycles. The second-order valence-corrected chi connectivity index (χ2v) is 6.13. The number of allylic oxidation sites excluding steroid dienone is 1. The van der Waals surface area contributed by atoms with Crippen molar-refractivity contribution in [1.82, 2.24) is 15.0 Å². The number of hydrogen-bond acceptors (Lipinski definition) is 5. The van der Waals surface area contributed by atoms with Gasteiger partial charge in [0, 0.05) is 22.7 Å². The van der Waals surface area contributed by atoms with Gasteiger partial charge in [-0.25, -0.2) is 4.98 Å². The average molecular weight is 339 g/mol. The molecule has 2 aromatic heterocycles. The summed E-state index contributed by atoms with van der Waals surface area (Å²) in [6.45, 7) is 0. The molecule has 0 amide bonds. The number of nitrogens with one attached hydrogen (secondary N) is 1. The number of nitrogens with two attached hydrogens (primary N) is 1. The molecule has 0 spiro atoms. The Hall–Kier alpha value is -3.85. The fraction of sp³-hybridized carbons (Fsp3) is 0.0500. The van der Waals surface area contributed by atoms with Crippen LogP contribution < -0.4 is 10.5 Å². The number of aromatic amines is 1.